The van der Waals surface area contributed by atoms with Gasteiger partial charge in [-0.05, 0) is 90.4 Å². The molecule has 2 unspecified atom stereocenters. The molecule has 8 heteroatoms. The predicted molar refractivity (Wildman–Crippen MR) is 138 cm³/mol. The van der Waals surface area contributed by atoms with Crippen LogP contribution in [0.5, 0.6) is 0 Å². The van der Waals surface area contributed by atoms with Crippen LogP contribution in [0.3, 0.4) is 0 Å². The minimum Gasteiger partial charge on any atom is -0.444 e. The van der Waals surface area contributed by atoms with Gasteiger partial charge in [-0.3, -0.25) is 9.59 Å². The Morgan fingerprint density at radius 3 is 2.29 bits per heavy atom. The Kier molecular flexibility index (Phi) is 10.3. The number of hydrogen-bond acceptors (Lipinski definition) is 5. The largest absolute Gasteiger partial charge is 0.444 e. The molecular weight excluding hydrogens is 450 g/mol. The number of hydrogen-bond donors (Lipinski definition) is 2. The van der Waals surface area contributed by atoms with Crippen LogP contribution < -0.4 is 10.6 Å². The molecule has 0 radical (unpaired) electrons. The molecule has 0 aromatic heterocycles. The number of ether oxygens (including phenoxy) is 1. The summed E-state index contributed by atoms with van der Waals surface area (Å²) < 4.78 is 5.44. The molecule has 2 N–H and O–H groups in total. The first-order valence-electron chi connectivity index (χ1n) is 12.1. The monoisotopic (exact) mass is 491 g/mol. The summed E-state index contributed by atoms with van der Waals surface area (Å²) in [6.45, 7) is 11.1. The van der Waals surface area contributed by atoms with Gasteiger partial charge in [-0.1, -0.05) is 24.3 Å². The maximum atomic E-state index is 14.1. The molecule has 1 aromatic carbocycles. The average molecular weight is 492 g/mol. The third-order valence-corrected chi connectivity index (χ3v) is 6.41. The van der Waals surface area contributed by atoms with Gasteiger partial charge in [0.2, 0.25) is 11.8 Å². The number of carbonyl (C=O) groups is 3. The Labute approximate surface area is 208 Å². The fourth-order valence-corrected chi connectivity index (χ4v) is 4.45. The first-order valence-corrected chi connectivity index (χ1v) is 13.5. The van der Waals surface area contributed by atoms with Crippen LogP contribution in [0.1, 0.15) is 77.5 Å². The van der Waals surface area contributed by atoms with Gasteiger partial charge in [-0.25, -0.2) is 4.79 Å². The van der Waals surface area contributed by atoms with Gasteiger partial charge in [0.15, 0.2) is 0 Å². The standard InChI is InChI=1S/C26H41N3O4S/c1-17(2)27-23(30)22(20-14-9-8-11-18(20)3)29(19-12-10-13-19)24(31)21(15-16-34-7)28-25(32)33-26(4,5)6/h8-9,11,14,17,19,21-22H,10,12-13,15-16H2,1-7H3,(H,27,30)(H,28,32). The molecule has 0 saturated heterocycles. The lowest BCUT2D eigenvalue weighted by Crippen LogP contribution is -2.58. The Morgan fingerprint density at radius 1 is 1.15 bits per heavy atom. The third kappa shape index (κ3) is 7.93. The van der Waals surface area contributed by atoms with Crippen molar-refractivity contribution in [2.75, 3.05) is 12.0 Å². The van der Waals surface area contributed by atoms with Crippen molar-refractivity contribution in [2.24, 2.45) is 0 Å². The molecule has 0 spiro atoms. The summed E-state index contributed by atoms with van der Waals surface area (Å²) in [6.07, 6.45) is 4.48. The number of nitrogens with zero attached hydrogens (tertiary/aromatic N) is 1. The van der Waals surface area contributed by atoms with E-state index in [4.69, 9.17) is 4.74 Å². The lowest BCUT2D eigenvalue weighted by atomic mass is 9.87. The molecule has 34 heavy (non-hydrogen) atoms. The predicted octanol–water partition coefficient (Wildman–Crippen LogP) is 4.59. The summed E-state index contributed by atoms with van der Waals surface area (Å²) in [5, 5.41) is 5.81. The van der Waals surface area contributed by atoms with Gasteiger partial charge in [0, 0.05) is 12.1 Å². The van der Waals surface area contributed by atoms with Crippen LogP contribution in [-0.2, 0) is 14.3 Å². The van der Waals surface area contributed by atoms with Crippen molar-refractivity contribution < 1.29 is 19.1 Å². The molecule has 190 valence electrons. The summed E-state index contributed by atoms with van der Waals surface area (Å²) in [5.74, 6) is 0.250. The summed E-state index contributed by atoms with van der Waals surface area (Å²) in [6, 6.07) is 6.04. The van der Waals surface area contributed by atoms with Crippen molar-refractivity contribution in [3.05, 3.63) is 35.4 Å². The van der Waals surface area contributed by atoms with Gasteiger partial charge in [-0.2, -0.15) is 11.8 Å². The van der Waals surface area contributed by atoms with Crippen LogP contribution in [0.2, 0.25) is 0 Å². The molecule has 0 aliphatic heterocycles. The Hall–Kier alpha value is -2.22. The van der Waals surface area contributed by atoms with Crippen LogP contribution in [0, 0.1) is 6.92 Å². The van der Waals surface area contributed by atoms with Gasteiger partial charge >= 0.3 is 6.09 Å². The molecular formula is C26H41N3O4S. The summed E-state index contributed by atoms with van der Waals surface area (Å²) in [4.78, 5) is 41.9. The minimum absolute atomic E-state index is 0.0489. The molecule has 1 saturated carbocycles. The number of carbonyl (C=O) groups excluding carboxylic acids is 3. The normalized spacial score (nSPS) is 15.8. The number of rotatable bonds is 10. The van der Waals surface area contributed by atoms with Crippen molar-refractivity contribution in [3.8, 4) is 0 Å². The lowest BCUT2D eigenvalue weighted by Gasteiger charge is -2.44. The van der Waals surface area contributed by atoms with E-state index in [0.717, 1.165) is 30.4 Å². The quantitative estimate of drug-likeness (QED) is 0.500. The number of alkyl carbamates (subject to hydrolysis) is 1. The van der Waals surface area contributed by atoms with Crippen LogP contribution in [0.25, 0.3) is 0 Å². The minimum atomic E-state index is -0.777. The van der Waals surface area contributed by atoms with Crippen molar-refractivity contribution in [1.29, 1.82) is 0 Å². The highest BCUT2D eigenvalue weighted by Crippen LogP contribution is 2.35. The van der Waals surface area contributed by atoms with Crippen LogP contribution in [0.4, 0.5) is 4.79 Å². The highest BCUT2D eigenvalue weighted by Gasteiger charge is 2.42. The van der Waals surface area contributed by atoms with E-state index in [1.54, 1.807) is 37.4 Å². The highest BCUT2D eigenvalue weighted by molar-refractivity contribution is 7.98. The van der Waals surface area contributed by atoms with Crippen molar-refractivity contribution >= 4 is 29.7 Å². The topological polar surface area (TPSA) is 87.7 Å². The van der Waals surface area contributed by atoms with Gasteiger partial charge in [-0.15, -0.1) is 0 Å². The molecule has 7 nitrogen and oxygen atoms in total. The van der Waals surface area contributed by atoms with E-state index in [-0.39, 0.29) is 23.9 Å². The fraction of sp³-hybridized carbons (Fsp3) is 0.654. The van der Waals surface area contributed by atoms with Crippen molar-refractivity contribution in [2.45, 2.75) is 97.0 Å². The molecule has 1 aliphatic rings. The zero-order valence-corrected chi connectivity index (χ0v) is 22.5. The number of nitrogens with one attached hydrogen (secondary N) is 2. The van der Waals surface area contributed by atoms with Crippen molar-refractivity contribution in [3.63, 3.8) is 0 Å². The van der Waals surface area contributed by atoms with Gasteiger partial charge in [0.1, 0.15) is 17.7 Å². The van der Waals surface area contributed by atoms with E-state index in [1.807, 2.05) is 51.3 Å². The molecule has 2 atom stereocenters. The zero-order valence-electron chi connectivity index (χ0n) is 21.6. The SMILES string of the molecule is CSCCC(NC(=O)OC(C)(C)C)C(=O)N(C1CCC1)C(C(=O)NC(C)C)c1ccccc1C. The number of aryl methyl sites for hydroxylation is 1. The van der Waals surface area contributed by atoms with Crippen LogP contribution in [0.15, 0.2) is 24.3 Å². The van der Waals surface area contributed by atoms with Gasteiger partial charge in [0.05, 0.1) is 0 Å². The van der Waals surface area contributed by atoms with E-state index in [2.05, 4.69) is 10.6 Å². The number of benzene rings is 1. The van der Waals surface area contributed by atoms with Crippen LogP contribution >= 0.6 is 11.8 Å². The Balaban J connectivity index is 2.46. The maximum absolute atomic E-state index is 14.1. The highest BCUT2D eigenvalue weighted by atomic mass is 32.2. The average Bonchev–Trinajstić information content (AvgIpc) is 2.68. The van der Waals surface area contributed by atoms with E-state index >= 15 is 0 Å². The van der Waals surface area contributed by atoms with Crippen molar-refractivity contribution in [1.82, 2.24) is 15.5 Å². The Bertz CT molecular complexity index is 849. The molecule has 0 heterocycles. The van der Waals surface area contributed by atoms with E-state index in [1.165, 1.54) is 0 Å². The molecule has 3 amide bonds. The second-order valence-electron chi connectivity index (χ2n) is 10.2. The summed E-state index contributed by atoms with van der Waals surface area (Å²) in [7, 11) is 0. The zero-order chi connectivity index (χ0) is 25.5. The lowest BCUT2D eigenvalue weighted by molar-refractivity contribution is -0.147. The third-order valence-electron chi connectivity index (χ3n) is 5.76. The maximum Gasteiger partial charge on any atom is 0.408 e. The second kappa shape index (κ2) is 12.5. The van der Waals surface area contributed by atoms with Gasteiger partial charge in [0.25, 0.3) is 0 Å². The molecule has 2 rings (SSSR count). The smallest absolute Gasteiger partial charge is 0.408 e. The Morgan fingerprint density at radius 2 is 1.79 bits per heavy atom. The number of amides is 3. The number of thioether (sulfide) groups is 1. The fourth-order valence-electron chi connectivity index (χ4n) is 3.98. The molecule has 1 fully saturated rings. The first-order chi connectivity index (χ1) is 15.9. The second-order valence-corrected chi connectivity index (χ2v) is 11.2. The van der Waals surface area contributed by atoms with Gasteiger partial charge < -0.3 is 20.3 Å². The van der Waals surface area contributed by atoms with E-state index in [0.29, 0.717) is 12.2 Å². The molecule has 1 aromatic rings. The summed E-state index contributed by atoms with van der Waals surface area (Å²) >= 11 is 1.61. The van der Waals surface area contributed by atoms with E-state index in [9.17, 15) is 14.4 Å². The van der Waals surface area contributed by atoms with E-state index < -0.39 is 23.8 Å². The molecule has 0 bridgehead atoms. The first kappa shape index (κ1) is 28.0. The summed E-state index contributed by atoms with van der Waals surface area (Å²) in [5.41, 5.74) is 1.08. The molecule has 1 aliphatic carbocycles. The van der Waals surface area contributed by atoms with Crippen LogP contribution in [-0.4, -0.2) is 58.5 Å².